The van der Waals surface area contributed by atoms with Gasteiger partial charge >= 0.3 is 0 Å². The summed E-state index contributed by atoms with van der Waals surface area (Å²) in [4.78, 5) is 24.2. The van der Waals surface area contributed by atoms with Crippen molar-refractivity contribution in [1.82, 2.24) is 9.88 Å². The molecule has 2 amide bonds. The molecule has 0 radical (unpaired) electrons. The van der Waals surface area contributed by atoms with E-state index in [0.717, 1.165) is 16.5 Å². The molecule has 1 aromatic heterocycles. The van der Waals surface area contributed by atoms with Gasteiger partial charge in [0.2, 0.25) is 5.91 Å². The van der Waals surface area contributed by atoms with Gasteiger partial charge in [-0.15, -0.1) is 0 Å². The fourth-order valence-corrected chi connectivity index (χ4v) is 3.12. The van der Waals surface area contributed by atoms with Crippen LogP contribution in [0.5, 0.6) is 0 Å². The molecule has 30 heavy (non-hydrogen) atoms. The van der Waals surface area contributed by atoms with Crippen LogP contribution < -0.4 is 16.8 Å². The Balaban J connectivity index is 2.05. The second-order valence-corrected chi connectivity index (χ2v) is 7.86. The number of nitrogen functional groups attached to an aromatic ring is 1. The predicted molar refractivity (Wildman–Crippen MR) is 116 cm³/mol. The SMILES string of the molecule is CC(C)(O)CNC(=O)c1cc2ccc(C(=N)N)cc2n1Cc1ccc(C(N)=O)cc1. The van der Waals surface area contributed by atoms with Gasteiger partial charge in [-0.25, -0.2) is 0 Å². The minimum atomic E-state index is -1.04. The molecule has 0 spiro atoms. The Bertz CT molecular complexity index is 1120. The number of primary amides is 1. The third kappa shape index (κ3) is 4.66. The molecule has 156 valence electrons. The van der Waals surface area contributed by atoms with Crippen LogP contribution in [-0.4, -0.2) is 39.5 Å². The van der Waals surface area contributed by atoms with Gasteiger partial charge in [0.1, 0.15) is 11.5 Å². The molecule has 2 aromatic carbocycles. The zero-order valence-corrected chi connectivity index (χ0v) is 16.9. The van der Waals surface area contributed by atoms with Crippen molar-refractivity contribution in [3.05, 3.63) is 70.9 Å². The second-order valence-electron chi connectivity index (χ2n) is 7.86. The first-order valence-corrected chi connectivity index (χ1v) is 9.42. The van der Waals surface area contributed by atoms with Crippen molar-refractivity contribution in [1.29, 1.82) is 5.41 Å². The van der Waals surface area contributed by atoms with Gasteiger partial charge in [-0.3, -0.25) is 15.0 Å². The zero-order chi connectivity index (χ0) is 22.1. The Morgan fingerprint density at radius 3 is 2.27 bits per heavy atom. The average Bonchev–Trinajstić information content (AvgIpc) is 3.03. The van der Waals surface area contributed by atoms with Crippen LogP contribution in [0, 0.1) is 5.41 Å². The van der Waals surface area contributed by atoms with Crippen molar-refractivity contribution < 1.29 is 14.7 Å². The summed E-state index contributed by atoms with van der Waals surface area (Å²) in [6.07, 6.45) is 0. The van der Waals surface area contributed by atoms with Crippen molar-refractivity contribution in [2.75, 3.05) is 6.54 Å². The van der Waals surface area contributed by atoms with E-state index in [0.29, 0.717) is 23.4 Å². The molecule has 0 atom stereocenters. The maximum Gasteiger partial charge on any atom is 0.268 e. The van der Waals surface area contributed by atoms with E-state index in [1.165, 1.54) is 0 Å². The summed E-state index contributed by atoms with van der Waals surface area (Å²) >= 11 is 0. The number of hydrogen-bond acceptors (Lipinski definition) is 4. The Labute approximate surface area is 174 Å². The summed E-state index contributed by atoms with van der Waals surface area (Å²) in [5.74, 6) is -0.902. The highest BCUT2D eigenvalue weighted by molar-refractivity contribution is 6.02. The monoisotopic (exact) mass is 407 g/mol. The number of hydrogen-bond donors (Lipinski definition) is 5. The van der Waals surface area contributed by atoms with Gasteiger partial charge < -0.3 is 26.5 Å². The van der Waals surface area contributed by atoms with Crippen LogP contribution in [0.3, 0.4) is 0 Å². The summed E-state index contributed by atoms with van der Waals surface area (Å²) in [6, 6.07) is 13.9. The van der Waals surface area contributed by atoms with Gasteiger partial charge in [0.25, 0.3) is 5.91 Å². The number of amides is 2. The van der Waals surface area contributed by atoms with Gasteiger partial charge in [-0.05, 0) is 43.7 Å². The van der Waals surface area contributed by atoms with Gasteiger partial charge in [-0.2, -0.15) is 0 Å². The van der Waals surface area contributed by atoms with E-state index < -0.39 is 11.5 Å². The highest BCUT2D eigenvalue weighted by atomic mass is 16.3. The number of amidine groups is 1. The first-order valence-electron chi connectivity index (χ1n) is 9.42. The van der Waals surface area contributed by atoms with Crippen molar-refractivity contribution in [3.8, 4) is 0 Å². The molecule has 0 unspecified atom stereocenters. The fraction of sp³-hybridized carbons (Fsp3) is 0.227. The Hall–Kier alpha value is -3.65. The zero-order valence-electron chi connectivity index (χ0n) is 16.9. The highest BCUT2D eigenvalue weighted by Gasteiger charge is 2.20. The first-order chi connectivity index (χ1) is 14.0. The van der Waals surface area contributed by atoms with Gasteiger partial charge in [-0.1, -0.05) is 24.3 Å². The van der Waals surface area contributed by atoms with Crippen LogP contribution in [-0.2, 0) is 6.54 Å². The molecule has 3 rings (SSSR count). The van der Waals surface area contributed by atoms with Crippen LogP contribution in [0.1, 0.15) is 45.8 Å². The van der Waals surface area contributed by atoms with E-state index in [1.54, 1.807) is 56.3 Å². The lowest BCUT2D eigenvalue weighted by Gasteiger charge is -2.18. The molecular weight excluding hydrogens is 382 g/mol. The van der Waals surface area contributed by atoms with Crippen LogP contribution in [0.2, 0.25) is 0 Å². The molecule has 0 bridgehead atoms. The van der Waals surface area contributed by atoms with E-state index in [-0.39, 0.29) is 18.3 Å². The van der Waals surface area contributed by atoms with Gasteiger partial charge in [0, 0.05) is 35.1 Å². The topological polar surface area (TPSA) is 147 Å². The summed E-state index contributed by atoms with van der Waals surface area (Å²) < 4.78 is 1.82. The minimum Gasteiger partial charge on any atom is -0.389 e. The molecule has 7 N–H and O–H groups in total. The molecular formula is C22H25N5O3. The van der Waals surface area contributed by atoms with Crippen LogP contribution in [0.25, 0.3) is 10.9 Å². The molecule has 0 saturated heterocycles. The lowest BCUT2D eigenvalue weighted by molar-refractivity contribution is 0.0690. The summed E-state index contributed by atoms with van der Waals surface area (Å²) in [7, 11) is 0. The van der Waals surface area contributed by atoms with Gasteiger partial charge in [0.05, 0.1) is 5.60 Å². The Morgan fingerprint density at radius 2 is 1.70 bits per heavy atom. The summed E-state index contributed by atoms with van der Waals surface area (Å²) in [5, 5.41) is 21.2. The van der Waals surface area contributed by atoms with Crippen molar-refractivity contribution in [2.45, 2.75) is 26.0 Å². The van der Waals surface area contributed by atoms with Crippen LogP contribution in [0.4, 0.5) is 0 Å². The van der Waals surface area contributed by atoms with E-state index in [2.05, 4.69) is 5.32 Å². The normalized spacial score (nSPS) is 11.4. The highest BCUT2D eigenvalue weighted by Crippen LogP contribution is 2.23. The molecule has 8 nitrogen and oxygen atoms in total. The number of benzene rings is 2. The number of carbonyl (C=O) groups excluding carboxylic acids is 2. The standard InChI is InChI=1S/C22H25N5O3/c1-22(2,30)12-26-21(29)18-9-15-7-8-16(19(23)24)10-17(15)27(18)11-13-3-5-14(6-4-13)20(25)28/h3-10,30H,11-12H2,1-2H3,(H3,23,24)(H2,25,28)(H,26,29). The molecule has 8 heteroatoms. The predicted octanol–water partition coefficient (Wildman–Crippen LogP) is 1.57. The quantitative estimate of drug-likeness (QED) is 0.299. The number of fused-ring (bicyclic) bond motifs is 1. The average molecular weight is 407 g/mol. The number of nitrogens with zero attached hydrogens (tertiary/aromatic N) is 1. The van der Waals surface area contributed by atoms with Crippen LogP contribution >= 0.6 is 0 Å². The molecule has 3 aromatic rings. The van der Waals surface area contributed by atoms with E-state index >= 15 is 0 Å². The van der Waals surface area contributed by atoms with E-state index in [1.807, 2.05) is 10.6 Å². The third-order valence-electron chi connectivity index (χ3n) is 4.71. The number of nitrogens with two attached hydrogens (primary N) is 2. The van der Waals surface area contributed by atoms with Crippen molar-refractivity contribution >= 4 is 28.6 Å². The smallest absolute Gasteiger partial charge is 0.268 e. The molecule has 0 fully saturated rings. The molecule has 1 heterocycles. The molecule has 0 aliphatic heterocycles. The molecule has 0 aliphatic carbocycles. The molecule has 0 aliphatic rings. The second kappa shape index (κ2) is 8.00. The fourth-order valence-electron chi connectivity index (χ4n) is 3.12. The van der Waals surface area contributed by atoms with E-state index in [4.69, 9.17) is 16.9 Å². The number of nitrogens with one attached hydrogen (secondary N) is 2. The van der Waals surface area contributed by atoms with Gasteiger partial charge in [0.15, 0.2) is 0 Å². The summed E-state index contributed by atoms with van der Waals surface area (Å²) in [5.41, 5.74) is 12.9. The lowest BCUT2D eigenvalue weighted by Crippen LogP contribution is -2.38. The third-order valence-corrected chi connectivity index (χ3v) is 4.71. The largest absolute Gasteiger partial charge is 0.389 e. The first kappa shape index (κ1) is 21.1. The maximum absolute atomic E-state index is 12.9. The maximum atomic E-state index is 12.9. The van der Waals surface area contributed by atoms with E-state index in [9.17, 15) is 14.7 Å². The Kier molecular flexibility index (Phi) is 5.62. The summed E-state index contributed by atoms with van der Waals surface area (Å²) in [6.45, 7) is 3.68. The minimum absolute atomic E-state index is 0.0662. The molecule has 0 saturated carbocycles. The number of carbonyl (C=O) groups is 2. The number of aromatic nitrogens is 1. The van der Waals surface area contributed by atoms with Crippen molar-refractivity contribution in [3.63, 3.8) is 0 Å². The Morgan fingerprint density at radius 1 is 1.07 bits per heavy atom. The number of rotatable bonds is 7. The lowest BCUT2D eigenvalue weighted by atomic mass is 10.1. The van der Waals surface area contributed by atoms with Crippen LogP contribution in [0.15, 0.2) is 48.5 Å². The van der Waals surface area contributed by atoms with Crippen molar-refractivity contribution in [2.24, 2.45) is 11.5 Å². The number of aliphatic hydroxyl groups is 1.